The minimum Gasteiger partial charge on any atom is -0.398 e. The van der Waals surface area contributed by atoms with E-state index in [0.717, 1.165) is 18.8 Å². The van der Waals surface area contributed by atoms with Crippen LogP contribution in [0.3, 0.4) is 0 Å². The number of rotatable bonds is 1. The molecule has 3 nitrogen and oxygen atoms in total. The molecule has 90 valence electrons. The molecule has 0 aliphatic carbocycles. The minimum absolute atomic E-state index is 0.580. The molecule has 0 aromatic heterocycles. The maximum atomic E-state index is 9.21. The Bertz CT molecular complexity index is 437. The van der Waals surface area contributed by atoms with Crippen molar-refractivity contribution in [2.45, 2.75) is 20.3 Å². The summed E-state index contributed by atoms with van der Waals surface area (Å²) in [5.74, 6) is 1.35. The van der Waals surface area contributed by atoms with Crippen molar-refractivity contribution in [2.24, 2.45) is 11.8 Å². The molecule has 2 rings (SSSR count). The second kappa shape index (κ2) is 4.67. The summed E-state index contributed by atoms with van der Waals surface area (Å²) in [7, 11) is 0. The third kappa shape index (κ3) is 2.36. The van der Waals surface area contributed by atoms with Gasteiger partial charge < -0.3 is 10.6 Å². The quantitative estimate of drug-likeness (QED) is 0.753. The van der Waals surface area contributed by atoms with Crippen LogP contribution in [0.25, 0.3) is 0 Å². The van der Waals surface area contributed by atoms with Crippen molar-refractivity contribution in [3.63, 3.8) is 0 Å². The molecule has 1 fully saturated rings. The van der Waals surface area contributed by atoms with E-state index < -0.39 is 0 Å². The molecule has 2 N–H and O–H groups in total. The molecule has 0 saturated carbocycles. The summed E-state index contributed by atoms with van der Waals surface area (Å²) < 4.78 is 0. The summed E-state index contributed by atoms with van der Waals surface area (Å²) in [5, 5.41) is 9.21. The lowest BCUT2D eigenvalue weighted by atomic mass is 9.91. The number of nitrogens with two attached hydrogens (primary N) is 1. The molecule has 1 saturated heterocycles. The van der Waals surface area contributed by atoms with E-state index in [9.17, 15) is 5.26 Å². The van der Waals surface area contributed by atoms with Crippen molar-refractivity contribution in [1.29, 1.82) is 5.26 Å². The predicted octanol–water partition coefficient (Wildman–Crippen LogP) is 2.62. The van der Waals surface area contributed by atoms with E-state index in [0.29, 0.717) is 23.1 Å². The maximum absolute atomic E-state index is 9.21. The van der Waals surface area contributed by atoms with E-state index in [2.05, 4.69) is 24.8 Å². The van der Waals surface area contributed by atoms with Crippen molar-refractivity contribution in [3.05, 3.63) is 23.8 Å². The zero-order valence-corrected chi connectivity index (χ0v) is 10.5. The first-order valence-electron chi connectivity index (χ1n) is 6.15. The number of hydrogen-bond acceptors (Lipinski definition) is 3. The standard InChI is InChI=1S/C14H19N3/c1-10-6-11(2)9-17(8-10)14-5-3-4-13(16)12(14)7-15/h3-5,10-11H,6,8-9,16H2,1-2H3. The van der Waals surface area contributed by atoms with E-state index in [-0.39, 0.29) is 0 Å². The zero-order valence-electron chi connectivity index (χ0n) is 10.5. The van der Waals surface area contributed by atoms with Crippen LogP contribution in [0.15, 0.2) is 18.2 Å². The molecule has 2 unspecified atom stereocenters. The van der Waals surface area contributed by atoms with Gasteiger partial charge in [0, 0.05) is 13.1 Å². The summed E-state index contributed by atoms with van der Waals surface area (Å²) >= 11 is 0. The van der Waals surface area contributed by atoms with Gasteiger partial charge in [-0.2, -0.15) is 5.26 Å². The Morgan fingerprint density at radius 3 is 2.53 bits per heavy atom. The van der Waals surface area contributed by atoms with Crippen molar-refractivity contribution in [1.82, 2.24) is 0 Å². The van der Waals surface area contributed by atoms with Crippen LogP contribution in [-0.2, 0) is 0 Å². The molecule has 1 aromatic rings. The molecule has 3 heteroatoms. The first-order chi connectivity index (χ1) is 8.11. The van der Waals surface area contributed by atoms with Gasteiger partial charge in [-0.05, 0) is 30.4 Å². The molecule has 1 aromatic carbocycles. The molecule has 17 heavy (non-hydrogen) atoms. The van der Waals surface area contributed by atoms with Crippen molar-refractivity contribution >= 4 is 11.4 Å². The molecule has 0 radical (unpaired) electrons. The van der Waals surface area contributed by atoms with Crippen LogP contribution in [0.4, 0.5) is 11.4 Å². The monoisotopic (exact) mass is 229 g/mol. The van der Waals surface area contributed by atoms with Gasteiger partial charge in [0.05, 0.1) is 16.9 Å². The normalized spacial score (nSPS) is 24.4. The second-order valence-electron chi connectivity index (χ2n) is 5.20. The van der Waals surface area contributed by atoms with E-state index >= 15 is 0 Å². The fourth-order valence-electron chi connectivity index (χ4n) is 2.80. The van der Waals surface area contributed by atoms with Gasteiger partial charge >= 0.3 is 0 Å². The van der Waals surface area contributed by atoms with Gasteiger partial charge in [0.1, 0.15) is 6.07 Å². The van der Waals surface area contributed by atoms with Crippen LogP contribution in [0.5, 0.6) is 0 Å². The number of hydrogen-bond donors (Lipinski definition) is 1. The van der Waals surface area contributed by atoms with Gasteiger partial charge in [0.25, 0.3) is 0 Å². The summed E-state index contributed by atoms with van der Waals surface area (Å²) in [6.45, 7) is 6.56. The summed E-state index contributed by atoms with van der Waals surface area (Å²) in [6, 6.07) is 7.94. The minimum atomic E-state index is 0.580. The van der Waals surface area contributed by atoms with Gasteiger partial charge in [0.2, 0.25) is 0 Å². The Morgan fingerprint density at radius 2 is 1.94 bits per heavy atom. The Balaban J connectivity index is 2.34. The molecule has 1 heterocycles. The summed E-state index contributed by atoms with van der Waals surface area (Å²) in [5.41, 5.74) is 8.05. The predicted molar refractivity (Wildman–Crippen MR) is 70.7 cm³/mol. The van der Waals surface area contributed by atoms with E-state index in [1.807, 2.05) is 12.1 Å². The average molecular weight is 229 g/mol. The van der Waals surface area contributed by atoms with Gasteiger partial charge in [-0.25, -0.2) is 0 Å². The third-order valence-corrected chi connectivity index (χ3v) is 3.40. The molecule has 2 atom stereocenters. The topological polar surface area (TPSA) is 53.0 Å². The van der Waals surface area contributed by atoms with Crippen molar-refractivity contribution in [3.8, 4) is 6.07 Å². The fraction of sp³-hybridized carbons (Fsp3) is 0.500. The van der Waals surface area contributed by atoms with Crippen molar-refractivity contribution < 1.29 is 0 Å². The lowest BCUT2D eigenvalue weighted by Crippen LogP contribution is -2.39. The first kappa shape index (κ1) is 11.8. The van der Waals surface area contributed by atoms with Gasteiger partial charge in [-0.15, -0.1) is 0 Å². The highest BCUT2D eigenvalue weighted by Crippen LogP contribution is 2.30. The first-order valence-corrected chi connectivity index (χ1v) is 6.15. The Kier molecular flexibility index (Phi) is 3.23. The SMILES string of the molecule is CC1CC(C)CN(c2cccc(N)c2C#N)C1. The number of anilines is 2. The number of piperidine rings is 1. The molecular weight excluding hydrogens is 210 g/mol. The van der Waals surface area contributed by atoms with Gasteiger partial charge in [-0.3, -0.25) is 0 Å². The molecule has 0 amide bonds. The second-order valence-corrected chi connectivity index (χ2v) is 5.20. The van der Waals surface area contributed by atoms with Crippen LogP contribution in [0, 0.1) is 23.2 Å². The fourth-order valence-corrected chi connectivity index (χ4v) is 2.80. The molecule has 0 bridgehead atoms. The zero-order chi connectivity index (χ0) is 12.4. The molecular formula is C14H19N3. The van der Waals surface area contributed by atoms with Gasteiger partial charge in [-0.1, -0.05) is 19.9 Å². The van der Waals surface area contributed by atoms with E-state index in [4.69, 9.17) is 5.73 Å². The maximum Gasteiger partial charge on any atom is 0.104 e. The van der Waals surface area contributed by atoms with Crippen LogP contribution in [-0.4, -0.2) is 13.1 Å². The Labute approximate surface area is 103 Å². The number of benzene rings is 1. The Hall–Kier alpha value is -1.69. The van der Waals surface area contributed by atoms with E-state index in [1.165, 1.54) is 6.42 Å². The molecule has 1 aliphatic rings. The number of nitrogen functional groups attached to an aromatic ring is 1. The van der Waals surface area contributed by atoms with Crippen molar-refractivity contribution in [2.75, 3.05) is 23.7 Å². The number of nitrogens with zero attached hydrogens (tertiary/aromatic N) is 2. The van der Waals surface area contributed by atoms with Crippen LogP contribution >= 0.6 is 0 Å². The van der Waals surface area contributed by atoms with Gasteiger partial charge in [0.15, 0.2) is 0 Å². The smallest absolute Gasteiger partial charge is 0.104 e. The lowest BCUT2D eigenvalue weighted by Gasteiger charge is -2.37. The third-order valence-electron chi connectivity index (χ3n) is 3.40. The van der Waals surface area contributed by atoms with Crippen LogP contribution in [0.1, 0.15) is 25.8 Å². The highest BCUT2D eigenvalue weighted by atomic mass is 15.1. The van der Waals surface area contributed by atoms with Crippen LogP contribution in [0.2, 0.25) is 0 Å². The highest BCUT2D eigenvalue weighted by molar-refractivity contribution is 5.70. The van der Waals surface area contributed by atoms with E-state index in [1.54, 1.807) is 6.07 Å². The summed E-state index contributed by atoms with van der Waals surface area (Å²) in [6.07, 6.45) is 1.26. The molecule has 1 aliphatic heterocycles. The number of nitriles is 1. The largest absolute Gasteiger partial charge is 0.398 e. The molecule has 0 spiro atoms. The highest BCUT2D eigenvalue weighted by Gasteiger charge is 2.23. The van der Waals surface area contributed by atoms with Crippen LogP contribution < -0.4 is 10.6 Å². The average Bonchev–Trinajstić information content (AvgIpc) is 2.27. The Morgan fingerprint density at radius 1 is 1.29 bits per heavy atom. The summed E-state index contributed by atoms with van der Waals surface area (Å²) in [4.78, 5) is 2.30. The lowest BCUT2D eigenvalue weighted by molar-refractivity contribution is 0.357.